The van der Waals surface area contributed by atoms with Gasteiger partial charge in [-0.1, -0.05) is 20.8 Å². The highest BCUT2D eigenvalue weighted by molar-refractivity contribution is 5.87. The molecule has 0 saturated carbocycles. The molecule has 0 atom stereocenters. The van der Waals surface area contributed by atoms with E-state index in [1.165, 1.54) is 20.8 Å². The van der Waals surface area contributed by atoms with Gasteiger partial charge in [0.2, 0.25) is 0 Å². The van der Waals surface area contributed by atoms with Crippen LogP contribution in [0.1, 0.15) is 48.0 Å². The summed E-state index contributed by atoms with van der Waals surface area (Å²) in [4.78, 5) is 31.9. The molecule has 0 aliphatic rings. The number of rotatable bonds is 8. The third-order valence-corrected chi connectivity index (χ3v) is 2.46. The molecule has 128 valence electrons. The molecule has 0 aromatic carbocycles. The second kappa shape index (κ2) is 8.63. The van der Waals surface area contributed by atoms with E-state index < -0.39 is 17.7 Å². The van der Waals surface area contributed by atoms with Crippen molar-refractivity contribution in [3.8, 4) is 0 Å². The molecule has 0 saturated heterocycles. The summed E-state index contributed by atoms with van der Waals surface area (Å²) >= 11 is 0. The Bertz CT molecular complexity index is 405. The van der Waals surface area contributed by atoms with E-state index in [0.717, 1.165) is 12.7 Å². The highest BCUT2D eigenvalue weighted by Crippen LogP contribution is 2.18. The Morgan fingerprint density at radius 2 is 1.73 bits per heavy atom. The molecule has 0 amide bonds. The third-order valence-electron chi connectivity index (χ3n) is 2.46. The van der Waals surface area contributed by atoms with Gasteiger partial charge in [-0.05, 0) is 32.6 Å². The quantitative estimate of drug-likeness (QED) is 0.183. The largest absolute Gasteiger partial charge is 0.506 e. The zero-order chi connectivity index (χ0) is 17.4. The van der Waals surface area contributed by atoms with Crippen LogP contribution < -0.4 is 0 Å². The maximum absolute atomic E-state index is 11.7. The van der Waals surface area contributed by atoms with Crippen molar-refractivity contribution in [3.05, 3.63) is 11.8 Å². The van der Waals surface area contributed by atoms with Crippen LogP contribution in [0.3, 0.4) is 0 Å². The average molecular weight is 318 g/mol. The van der Waals surface area contributed by atoms with E-state index in [9.17, 15) is 9.59 Å². The summed E-state index contributed by atoms with van der Waals surface area (Å²) in [7, 11) is 0. The number of hydrogen-bond donors (Lipinski definition) is 1. The van der Waals surface area contributed by atoms with E-state index in [0.29, 0.717) is 6.61 Å². The van der Waals surface area contributed by atoms with Crippen LogP contribution in [-0.4, -0.2) is 36.0 Å². The fourth-order valence-corrected chi connectivity index (χ4v) is 1.17. The minimum atomic E-state index is -1.43. The van der Waals surface area contributed by atoms with Crippen molar-refractivity contribution in [1.82, 2.24) is 0 Å². The van der Waals surface area contributed by atoms with Crippen molar-refractivity contribution in [1.29, 1.82) is 0 Å². The first-order valence-corrected chi connectivity index (χ1v) is 6.97. The van der Waals surface area contributed by atoms with Gasteiger partial charge in [-0.15, -0.1) is 0 Å². The fraction of sp³-hybridized carbons (Fsp3) is 0.733. The first-order chi connectivity index (χ1) is 9.93. The minimum absolute atomic E-state index is 0.136. The zero-order valence-electron chi connectivity index (χ0n) is 14.1. The van der Waals surface area contributed by atoms with E-state index in [2.05, 4.69) is 25.5 Å². The molecular formula is C15H26O7. The molecule has 0 spiro atoms. The number of carbonyl (C=O) groups is 2. The van der Waals surface area contributed by atoms with E-state index in [1.807, 2.05) is 0 Å². The highest BCUT2D eigenvalue weighted by Gasteiger charge is 2.25. The van der Waals surface area contributed by atoms with Gasteiger partial charge in [0.25, 0.3) is 0 Å². The molecule has 22 heavy (non-hydrogen) atoms. The van der Waals surface area contributed by atoms with Crippen molar-refractivity contribution >= 4 is 12.1 Å². The molecule has 0 unspecified atom stereocenters. The Kier molecular flexibility index (Phi) is 7.94. The molecule has 0 aromatic rings. The fourth-order valence-electron chi connectivity index (χ4n) is 1.17. The Morgan fingerprint density at radius 3 is 2.23 bits per heavy atom. The number of hydrogen-bond acceptors (Lipinski definition) is 6. The second-order valence-electron chi connectivity index (χ2n) is 6.73. The monoisotopic (exact) mass is 318 g/mol. The minimum Gasteiger partial charge on any atom is -0.458 e. The van der Waals surface area contributed by atoms with Gasteiger partial charge in [0.05, 0.1) is 12.2 Å². The summed E-state index contributed by atoms with van der Waals surface area (Å²) in [6.45, 7) is 10.9. The van der Waals surface area contributed by atoms with E-state index in [-0.39, 0.29) is 17.6 Å². The lowest BCUT2D eigenvalue weighted by molar-refractivity contribution is -0.252. The summed E-state index contributed by atoms with van der Waals surface area (Å²) in [5.41, 5.74) is -0.787. The second-order valence-corrected chi connectivity index (χ2v) is 6.73. The van der Waals surface area contributed by atoms with Crippen molar-refractivity contribution < 1.29 is 33.9 Å². The number of esters is 1. The Balaban J connectivity index is 4.10. The van der Waals surface area contributed by atoms with Crippen molar-refractivity contribution in [2.24, 2.45) is 5.41 Å². The van der Waals surface area contributed by atoms with Crippen molar-refractivity contribution in [2.75, 3.05) is 13.2 Å². The molecule has 7 heteroatoms. The zero-order valence-corrected chi connectivity index (χ0v) is 14.1. The first kappa shape index (κ1) is 20.2. The number of ether oxygens (including phenoxy) is 2. The molecule has 0 heterocycles. The van der Waals surface area contributed by atoms with Crippen LogP contribution in [0.5, 0.6) is 0 Å². The van der Waals surface area contributed by atoms with Crippen LogP contribution in [-0.2, 0) is 24.0 Å². The Morgan fingerprint density at radius 1 is 1.14 bits per heavy atom. The molecule has 7 nitrogen and oxygen atoms in total. The summed E-state index contributed by atoms with van der Waals surface area (Å²) in [5.74, 6) is -0.638. The topological polar surface area (TPSA) is 91.3 Å². The van der Waals surface area contributed by atoms with Crippen LogP contribution >= 0.6 is 0 Å². The molecule has 0 aliphatic carbocycles. The van der Waals surface area contributed by atoms with Gasteiger partial charge >= 0.3 is 12.1 Å². The average Bonchev–Trinajstić information content (AvgIpc) is 2.32. The van der Waals surface area contributed by atoms with Gasteiger partial charge in [0.15, 0.2) is 0 Å². The summed E-state index contributed by atoms with van der Waals surface area (Å²) in [5, 5.41) is 8.54. The lowest BCUT2D eigenvalue weighted by Crippen LogP contribution is -2.34. The number of carboxylic acid groups (broad SMARTS) is 1. The molecule has 0 fully saturated rings. The predicted molar refractivity (Wildman–Crippen MR) is 79.0 cm³/mol. The van der Waals surface area contributed by atoms with Crippen LogP contribution in [0, 0.1) is 5.41 Å². The molecule has 0 radical (unpaired) electrons. The van der Waals surface area contributed by atoms with Crippen LogP contribution in [0.2, 0.25) is 0 Å². The number of carbonyl (C=O) groups excluding carboxylic acids is 1. The predicted octanol–water partition coefficient (Wildman–Crippen LogP) is 3.29. The van der Waals surface area contributed by atoms with Gasteiger partial charge < -0.3 is 19.5 Å². The highest BCUT2D eigenvalue weighted by atomic mass is 17.2. The Hall–Kier alpha value is -1.76. The van der Waals surface area contributed by atoms with Crippen LogP contribution in [0.4, 0.5) is 4.79 Å². The molecular weight excluding hydrogens is 292 g/mol. The first-order valence-electron chi connectivity index (χ1n) is 6.97. The van der Waals surface area contributed by atoms with Gasteiger partial charge in [-0.2, -0.15) is 4.89 Å². The summed E-state index contributed by atoms with van der Waals surface area (Å²) < 4.78 is 9.53. The molecule has 0 aromatic heterocycles. The standard InChI is InChI=1S/C15H26O7/c1-11(9-21-20-8-7-14(2,3)4)12(16)19-10-15(5,6)22-13(17)18/h9H,7-8,10H2,1-6H3,(H,17,18). The van der Waals surface area contributed by atoms with Crippen molar-refractivity contribution in [3.63, 3.8) is 0 Å². The lowest BCUT2D eigenvalue weighted by atomic mass is 9.93. The van der Waals surface area contributed by atoms with Gasteiger partial charge in [-0.3, -0.25) is 0 Å². The van der Waals surface area contributed by atoms with Gasteiger partial charge in [0, 0.05) is 0 Å². The SMILES string of the molecule is CC(=COOCCC(C)(C)C)C(=O)OCC(C)(C)OC(=O)O. The Labute approximate surface area is 131 Å². The van der Waals surface area contributed by atoms with Crippen molar-refractivity contribution in [2.45, 2.75) is 53.6 Å². The molecule has 0 bridgehead atoms. The van der Waals surface area contributed by atoms with E-state index in [1.54, 1.807) is 0 Å². The lowest BCUT2D eigenvalue weighted by Gasteiger charge is -2.22. The summed E-state index contributed by atoms with van der Waals surface area (Å²) in [6.07, 6.45) is 0.532. The molecule has 0 rings (SSSR count). The van der Waals surface area contributed by atoms with Crippen LogP contribution in [0.15, 0.2) is 11.8 Å². The maximum atomic E-state index is 11.7. The molecule has 0 aliphatic heterocycles. The van der Waals surface area contributed by atoms with E-state index in [4.69, 9.17) is 19.6 Å². The normalized spacial score (nSPS) is 12.7. The van der Waals surface area contributed by atoms with Gasteiger partial charge in [0.1, 0.15) is 18.5 Å². The third kappa shape index (κ3) is 11.0. The summed E-state index contributed by atoms with van der Waals surface area (Å²) in [6, 6.07) is 0. The van der Waals surface area contributed by atoms with E-state index >= 15 is 0 Å². The van der Waals surface area contributed by atoms with Gasteiger partial charge in [-0.25, -0.2) is 9.59 Å². The smallest absolute Gasteiger partial charge is 0.458 e. The maximum Gasteiger partial charge on any atom is 0.506 e. The molecule has 1 N–H and O–H groups in total. The van der Waals surface area contributed by atoms with Crippen LogP contribution in [0.25, 0.3) is 0 Å².